The van der Waals surface area contributed by atoms with Crippen LogP contribution >= 0.6 is 0 Å². The second-order valence-electron chi connectivity index (χ2n) is 4.16. The van der Waals surface area contributed by atoms with Crippen LogP contribution in [0.3, 0.4) is 0 Å². The van der Waals surface area contributed by atoms with Crippen molar-refractivity contribution >= 4 is 11.5 Å². The van der Waals surface area contributed by atoms with Crippen LogP contribution in [0.1, 0.15) is 19.9 Å². The summed E-state index contributed by atoms with van der Waals surface area (Å²) in [6.07, 6.45) is 3.25. The average Bonchev–Trinajstić information content (AvgIpc) is 2.77. The van der Waals surface area contributed by atoms with E-state index in [9.17, 15) is 10.1 Å². The van der Waals surface area contributed by atoms with E-state index in [0.29, 0.717) is 5.75 Å². The van der Waals surface area contributed by atoms with Gasteiger partial charge in [0.05, 0.1) is 17.3 Å². The van der Waals surface area contributed by atoms with Crippen LogP contribution in [-0.4, -0.2) is 19.7 Å². The number of rotatable bonds is 4. The molecule has 0 amide bonds. The van der Waals surface area contributed by atoms with Crippen molar-refractivity contribution in [2.45, 2.75) is 19.9 Å². The maximum absolute atomic E-state index is 10.6. The van der Waals surface area contributed by atoms with Crippen LogP contribution in [0.15, 0.2) is 24.5 Å². The van der Waals surface area contributed by atoms with Crippen molar-refractivity contribution in [3.63, 3.8) is 0 Å². The van der Waals surface area contributed by atoms with Gasteiger partial charge in [-0.2, -0.15) is 10.1 Å². The fourth-order valence-electron chi connectivity index (χ4n) is 1.44. The summed E-state index contributed by atoms with van der Waals surface area (Å²) in [5.41, 5.74) is 5.23. The molecule has 0 unspecified atom stereocenters. The highest BCUT2D eigenvalue weighted by atomic mass is 16.6. The largest absolute Gasteiger partial charge is 0.436 e. The Hall–Kier alpha value is -2.64. The van der Waals surface area contributed by atoms with Gasteiger partial charge < -0.3 is 10.5 Å². The number of nitrogens with zero attached hydrogens (tertiary/aromatic N) is 4. The molecule has 0 bridgehead atoms. The number of hydrogen-bond acceptors (Lipinski definition) is 6. The summed E-state index contributed by atoms with van der Waals surface area (Å²) in [5.74, 6) is 0.500. The molecule has 0 aliphatic rings. The Morgan fingerprint density at radius 2 is 2.21 bits per heavy atom. The standard InChI is InChI=1S/C11H13N5O3/c1-7(2)15-6-8(5-13-15)19-10-4-3-9(16(17)18)11(12)14-10/h3-7H,1-2H3,(H2,12,14). The van der Waals surface area contributed by atoms with Gasteiger partial charge in [0.25, 0.3) is 0 Å². The monoisotopic (exact) mass is 263 g/mol. The lowest BCUT2D eigenvalue weighted by Gasteiger charge is -2.04. The minimum absolute atomic E-state index is 0.182. The van der Waals surface area contributed by atoms with E-state index >= 15 is 0 Å². The van der Waals surface area contributed by atoms with Crippen molar-refractivity contribution in [3.05, 3.63) is 34.6 Å². The van der Waals surface area contributed by atoms with Gasteiger partial charge in [-0.3, -0.25) is 14.8 Å². The highest BCUT2D eigenvalue weighted by molar-refractivity contribution is 5.53. The number of nitro groups is 1. The molecule has 8 heteroatoms. The molecule has 0 atom stereocenters. The number of hydrogen-bond donors (Lipinski definition) is 1. The van der Waals surface area contributed by atoms with Gasteiger partial charge in [0, 0.05) is 18.2 Å². The number of ether oxygens (including phenoxy) is 1. The molecule has 0 radical (unpaired) electrons. The number of pyridine rings is 1. The summed E-state index contributed by atoms with van der Waals surface area (Å²) < 4.78 is 7.15. The Morgan fingerprint density at radius 3 is 2.74 bits per heavy atom. The van der Waals surface area contributed by atoms with E-state index in [4.69, 9.17) is 10.5 Å². The third kappa shape index (κ3) is 2.79. The minimum Gasteiger partial charge on any atom is -0.436 e. The first-order valence-corrected chi connectivity index (χ1v) is 5.60. The topological polar surface area (TPSA) is 109 Å². The second-order valence-corrected chi connectivity index (χ2v) is 4.16. The molecular formula is C11H13N5O3. The first kappa shape index (κ1) is 12.8. The van der Waals surface area contributed by atoms with Crippen LogP contribution in [-0.2, 0) is 0 Å². The predicted octanol–water partition coefficient (Wildman–Crippen LogP) is 2.14. The van der Waals surface area contributed by atoms with Gasteiger partial charge in [0.2, 0.25) is 11.7 Å². The molecule has 0 aliphatic carbocycles. The molecule has 2 heterocycles. The molecule has 2 N–H and O–H groups in total. The molecule has 0 spiro atoms. The predicted molar refractivity (Wildman–Crippen MR) is 68.0 cm³/mol. The zero-order valence-corrected chi connectivity index (χ0v) is 10.5. The van der Waals surface area contributed by atoms with E-state index in [1.807, 2.05) is 13.8 Å². The van der Waals surface area contributed by atoms with Crippen LogP contribution in [0.2, 0.25) is 0 Å². The molecule has 2 aromatic heterocycles. The molecule has 19 heavy (non-hydrogen) atoms. The summed E-state index contributed by atoms with van der Waals surface area (Å²) in [6, 6.07) is 2.86. The Balaban J connectivity index is 2.19. The van der Waals surface area contributed by atoms with Crippen molar-refractivity contribution in [3.8, 4) is 11.6 Å². The zero-order chi connectivity index (χ0) is 14.0. The molecule has 8 nitrogen and oxygen atoms in total. The number of aromatic nitrogens is 3. The Morgan fingerprint density at radius 1 is 1.47 bits per heavy atom. The van der Waals surface area contributed by atoms with E-state index < -0.39 is 4.92 Å². The van der Waals surface area contributed by atoms with Crippen LogP contribution in [0, 0.1) is 10.1 Å². The maximum atomic E-state index is 10.6. The molecule has 0 saturated carbocycles. The van der Waals surface area contributed by atoms with Crippen molar-refractivity contribution in [1.82, 2.24) is 14.8 Å². The SMILES string of the molecule is CC(C)n1cc(Oc2ccc([N+](=O)[O-])c(N)n2)cn1. The van der Waals surface area contributed by atoms with Gasteiger partial charge in [-0.15, -0.1) is 0 Å². The number of nitrogen functional groups attached to an aromatic ring is 1. The Labute approximate surface area is 109 Å². The molecule has 2 aromatic rings. The van der Waals surface area contributed by atoms with Crippen molar-refractivity contribution in [1.29, 1.82) is 0 Å². The number of anilines is 1. The highest BCUT2D eigenvalue weighted by Crippen LogP contribution is 2.25. The van der Waals surface area contributed by atoms with E-state index in [2.05, 4.69) is 10.1 Å². The Bertz CT molecular complexity index is 608. The van der Waals surface area contributed by atoms with E-state index in [1.54, 1.807) is 17.1 Å². The van der Waals surface area contributed by atoms with Gasteiger partial charge in [-0.1, -0.05) is 0 Å². The molecule has 0 fully saturated rings. The average molecular weight is 263 g/mol. The maximum Gasteiger partial charge on any atom is 0.311 e. The summed E-state index contributed by atoms with van der Waals surface area (Å²) in [6.45, 7) is 3.97. The van der Waals surface area contributed by atoms with Crippen LogP contribution in [0.4, 0.5) is 11.5 Å². The van der Waals surface area contributed by atoms with E-state index in [0.717, 1.165) is 0 Å². The highest BCUT2D eigenvalue weighted by Gasteiger charge is 2.14. The summed E-state index contributed by atoms with van der Waals surface area (Å²) in [4.78, 5) is 13.8. The van der Waals surface area contributed by atoms with Crippen molar-refractivity contribution < 1.29 is 9.66 Å². The second kappa shape index (κ2) is 4.92. The molecule has 0 aromatic carbocycles. The fraction of sp³-hybridized carbons (Fsp3) is 0.273. The lowest BCUT2D eigenvalue weighted by Crippen LogP contribution is -2.00. The first-order valence-electron chi connectivity index (χ1n) is 5.60. The fourth-order valence-corrected chi connectivity index (χ4v) is 1.44. The molecular weight excluding hydrogens is 250 g/mol. The molecule has 100 valence electrons. The normalized spacial score (nSPS) is 10.7. The molecule has 2 rings (SSSR count). The third-order valence-electron chi connectivity index (χ3n) is 2.40. The van der Waals surface area contributed by atoms with E-state index in [-0.39, 0.29) is 23.4 Å². The third-order valence-corrected chi connectivity index (χ3v) is 2.40. The lowest BCUT2D eigenvalue weighted by atomic mass is 10.4. The lowest BCUT2D eigenvalue weighted by molar-refractivity contribution is -0.384. The number of nitrogens with two attached hydrogens (primary N) is 1. The smallest absolute Gasteiger partial charge is 0.311 e. The van der Waals surface area contributed by atoms with Gasteiger partial charge >= 0.3 is 5.69 Å². The Kier molecular flexibility index (Phi) is 3.32. The van der Waals surface area contributed by atoms with Crippen LogP contribution in [0.25, 0.3) is 0 Å². The van der Waals surface area contributed by atoms with Gasteiger partial charge in [0.1, 0.15) is 0 Å². The van der Waals surface area contributed by atoms with Crippen molar-refractivity contribution in [2.75, 3.05) is 5.73 Å². The quantitative estimate of drug-likeness (QED) is 0.668. The van der Waals surface area contributed by atoms with Crippen LogP contribution in [0.5, 0.6) is 11.6 Å². The zero-order valence-electron chi connectivity index (χ0n) is 10.5. The van der Waals surface area contributed by atoms with E-state index in [1.165, 1.54) is 12.1 Å². The van der Waals surface area contributed by atoms with Gasteiger partial charge in [-0.05, 0) is 13.8 Å². The minimum atomic E-state index is -0.594. The summed E-state index contributed by atoms with van der Waals surface area (Å²) in [7, 11) is 0. The summed E-state index contributed by atoms with van der Waals surface area (Å²) >= 11 is 0. The molecule has 0 saturated heterocycles. The van der Waals surface area contributed by atoms with Crippen molar-refractivity contribution in [2.24, 2.45) is 0 Å². The van der Waals surface area contributed by atoms with Gasteiger partial charge in [0.15, 0.2) is 5.75 Å². The summed E-state index contributed by atoms with van der Waals surface area (Å²) in [5, 5.41) is 14.7. The first-order chi connectivity index (χ1) is 8.97. The molecule has 0 aliphatic heterocycles. The van der Waals surface area contributed by atoms with Crippen LogP contribution < -0.4 is 10.5 Å². The van der Waals surface area contributed by atoms with Gasteiger partial charge in [-0.25, -0.2) is 0 Å².